The number of benzene rings is 1. The minimum absolute atomic E-state index is 0.133. The average Bonchev–Trinajstić information content (AvgIpc) is 3.19. The van der Waals surface area contributed by atoms with Gasteiger partial charge in [0.05, 0.1) is 0 Å². The molecule has 4 heteroatoms. The monoisotopic (exact) mass is 343 g/mol. The summed E-state index contributed by atoms with van der Waals surface area (Å²) in [5.41, 5.74) is 1.13. The predicted octanol–water partition coefficient (Wildman–Crippen LogP) is 3.16. The number of amides is 1. The SMILES string of the molecule is CCN(CC)C(=O)C(c1ccccc1)N1CCN(C2CCCC2)CC1. The van der Waals surface area contributed by atoms with Crippen LogP contribution in [0, 0.1) is 0 Å². The van der Waals surface area contributed by atoms with Crippen LogP contribution in [-0.4, -0.2) is 65.9 Å². The van der Waals surface area contributed by atoms with Gasteiger partial charge in [-0.25, -0.2) is 0 Å². The zero-order valence-corrected chi connectivity index (χ0v) is 15.9. The Hall–Kier alpha value is -1.39. The number of nitrogens with zero attached hydrogens (tertiary/aromatic N) is 3. The Bertz CT molecular complexity index is 529. The molecule has 1 unspecified atom stereocenters. The third-order valence-corrected chi connectivity index (χ3v) is 5.98. The van der Waals surface area contributed by atoms with Crippen LogP contribution in [0.25, 0.3) is 0 Å². The summed E-state index contributed by atoms with van der Waals surface area (Å²) in [6.45, 7) is 9.87. The summed E-state index contributed by atoms with van der Waals surface area (Å²) in [5, 5.41) is 0. The summed E-state index contributed by atoms with van der Waals surface area (Å²) < 4.78 is 0. The van der Waals surface area contributed by atoms with Gasteiger partial charge in [-0.1, -0.05) is 43.2 Å². The zero-order chi connectivity index (χ0) is 17.6. The fourth-order valence-corrected chi connectivity index (χ4v) is 4.48. The summed E-state index contributed by atoms with van der Waals surface area (Å²) in [7, 11) is 0. The second-order valence-electron chi connectivity index (χ2n) is 7.33. The number of hydrogen-bond donors (Lipinski definition) is 0. The van der Waals surface area contributed by atoms with E-state index in [-0.39, 0.29) is 11.9 Å². The molecule has 1 saturated heterocycles. The van der Waals surface area contributed by atoms with E-state index in [2.05, 4.69) is 35.8 Å². The number of carbonyl (C=O) groups is 1. The molecule has 1 amide bonds. The maximum Gasteiger partial charge on any atom is 0.244 e. The van der Waals surface area contributed by atoms with E-state index in [1.807, 2.05) is 23.1 Å². The smallest absolute Gasteiger partial charge is 0.244 e. The molecule has 1 atom stereocenters. The average molecular weight is 344 g/mol. The fourth-order valence-electron chi connectivity index (χ4n) is 4.48. The van der Waals surface area contributed by atoms with Gasteiger partial charge in [0.1, 0.15) is 6.04 Å². The van der Waals surface area contributed by atoms with Crippen LogP contribution in [0.4, 0.5) is 0 Å². The van der Waals surface area contributed by atoms with Crippen molar-refractivity contribution in [2.75, 3.05) is 39.3 Å². The summed E-state index contributed by atoms with van der Waals surface area (Å²) >= 11 is 0. The van der Waals surface area contributed by atoms with Gasteiger partial charge in [0, 0.05) is 45.3 Å². The molecule has 1 aromatic carbocycles. The first-order chi connectivity index (χ1) is 12.2. The van der Waals surface area contributed by atoms with Crippen molar-refractivity contribution < 1.29 is 4.79 Å². The van der Waals surface area contributed by atoms with Gasteiger partial charge in [0.25, 0.3) is 0 Å². The van der Waals surface area contributed by atoms with Crippen molar-refractivity contribution in [1.29, 1.82) is 0 Å². The van der Waals surface area contributed by atoms with E-state index in [1.165, 1.54) is 25.7 Å². The topological polar surface area (TPSA) is 26.8 Å². The highest BCUT2D eigenvalue weighted by Crippen LogP contribution is 2.28. The van der Waals surface area contributed by atoms with Crippen LogP contribution in [0.3, 0.4) is 0 Å². The molecule has 1 aliphatic carbocycles. The van der Waals surface area contributed by atoms with E-state index >= 15 is 0 Å². The Labute approximate surface area is 152 Å². The third kappa shape index (κ3) is 4.24. The maximum absolute atomic E-state index is 13.2. The van der Waals surface area contributed by atoms with E-state index in [9.17, 15) is 4.79 Å². The van der Waals surface area contributed by atoms with Gasteiger partial charge in [-0.3, -0.25) is 14.6 Å². The molecule has 0 bridgehead atoms. The summed E-state index contributed by atoms with van der Waals surface area (Å²) in [5.74, 6) is 0.255. The summed E-state index contributed by atoms with van der Waals surface area (Å²) in [6, 6.07) is 11.0. The van der Waals surface area contributed by atoms with Crippen LogP contribution in [0.15, 0.2) is 30.3 Å². The molecule has 0 N–H and O–H groups in total. The first-order valence-corrected chi connectivity index (χ1v) is 10.1. The Kier molecular flexibility index (Phi) is 6.49. The van der Waals surface area contributed by atoms with Crippen LogP contribution < -0.4 is 0 Å². The molecule has 0 radical (unpaired) electrons. The minimum atomic E-state index is -0.133. The molecule has 1 aromatic rings. The molecular weight excluding hydrogens is 310 g/mol. The number of likely N-dealkylation sites (N-methyl/N-ethyl adjacent to an activating group) is 1. The molecule has 1 aliphatic heterocycles. The lowest BCUT2D eigenvalue weighted by Crippen LogP contribution is -2.53. The quantitative estimate of drug-likeness (QED) is 0.794. The van der Waals surface area contributed by atoms with Crippen LogP contribution in [0.5, 0.6) is 0 Å². The standard InChI is InChI=1S/C21H33N3O/c1-3-22(4-2)21(25)20(18-10-6-5-7-11-18)24-16-14-23(15-17-24)19-12-8-9-13-19/h5-7,10-11,19-20H,3-4,8-9,12-17H2,1-2H3. The molecule has 25 heavy (non-hydrogen) atoms. The molecular formula is C21H33N3O. The Balaban J connectivity index is 1.72. The third-order valence-electron chi connectivity index (χ3n) is 5.98. The number of piperazine rings is 1. The first kappa shape index (κ1) is 18.4. The number of rotatable bonds is 6. The molecule has 1 saturated carbocycles. The molecule has 4 nitrogen and oxygen atoms in total. The van der Waals surface area contributed by atoms with Crippen molar-refractivity contribution in [3.63, 3.8) is 0 Å². The van der Waals surface area contributed by atoms with E-state index in [4.69, 9.17) is 0 Å². The molecule has 2 fully saturated rings. The van der Waals surface area contributed by atoms with E-state index in [0.29, 0.717) is 0 Å². The van der Waals surface area contributed by atoms with Crippen molar-refractivity contribution >= 4 is 5.91 Å². The summed E-state index contributed by atoms with van der Waals surface area (Å²) in [6.07, 6.45) is 5.50. The second-order valence-corrected chi connectivity index (χ2v) is 7.33. The molecule has 0 spiro atoms. The Morgan fingerprint density at radius 2 is 1.64 bits per heavy atom. The van der Waals surface area contributed by atoms with E-state index in [1.54, 1.807) is 0 Å². The van der Waals surface area contributed by atoms with Gasteiger partial charge in [0.2, 0.25) is 5.91 Å². The van der Waals surface area contributed by atoms with Gasteiger partial charge in [0.15, 0.2) is 0 Å². The minimum Gasteiger partial charge on any atom is -0.342 e. The van der Waals surface area contributed by atoms with Gasteiger partial charge in [-0.05, 0) is 32.3 Å². The van der Waals surface area contributed by atoms with Crippen LogP contribution in [0.1, 0.15) is 51.1 Å². The number of carbonyl (C=O) groups excluding carboxylic acids is 1. The Morgan fingerprint density at radius 3 is 2.20 bits per heavy atom. The normalized spacial score (nSPS) is 21.4. The molecule has 2 aliphatic rings. The molecule has 138 valence electrons. The van der Waals surface area contributed by atoms with Crippen molar-refractivity contribution in [3.8, 4) is 0 Å². The van der Waals surface area contributed by atoms with Gasteiger partial charge in [-0.2, -0.15) is 0 Å². The van der Waals surface area contributed by atoms with Crippen molar-refractivity contribution in [2.24, 2.45) is 0 Å². The van der Waals surface area contributed by atoms with Crippen LogP contribution in [-0.2, 0) is 4.79 Å². The largest absolute Gasteiger partial charge is 0.342 e. The fraction of sp³-hybridized carbons (Fsp3) is 0.667. The van der Waals surface area contributed by atoms with Gasteiger partial charge in [-0.15, -0.1) is 0 Å². The summed E-state index contributed by atoms with van der Waals surface area (Å²) in [4.78, 5) is 20.3. The van der Waals surface area contributed by atoms with Crippen LogP contribution in [0.2, 0.25) is 0 Å². The lowest BCUT2D eigenvalue weighted by Gasteiger charge is -2.42. The Morgan fingerprint density at radius 1 is 1.04 bits per heavy atom. The van der Waals surface area contributed by atoms with Gasteiger partial charge >= 0.3 is 0 Å². The van der Waals surface area contributed by atoms with Crippen LogP contribution >= 0.6 is 0 Å². The van der Waals surface area contributed by atoms with Crippen molar-refractivity contribution in [1.82, 2.24) is 14.7 Å². The van der Waals surface area contributed by atoms with E-state index < -0.39 is 0 Å². The first-order valence-electron chi connectivity index (χ1n) is 10.1. The number of hydrogen-bond acceptors (Lipinski definition) is 3. The molecule has 3 rings (SSSR count). The van der Waals surface area contributed by atoms with E-state index in [0.717, 1.165) is 50.9 Å². The highest BCUT2D eigenvalue weighted by molar-refractivity contribution is 5.83. The lowest BCUT2D eigenvalue weighted by atomic mass is 10.0. The van der Waals surface area contributed by atoms with Crippen molar-refractivity contribution in [2.45, 2.75) is 51.6 Å². The highest BCUT2D eigenvalue weighted by atomic mass is 16.2. The molecule has 1 heterocycles. The zero-order valence-electron chi connectivity index (χ0n) is 15.9. The highest BCUT2D eigenvalue weighted by Gasteiger charge is 2.34. The second kappa shape index (κ2) is 8.81. The lowest BCUT2D eigenvalue weighted by molar-refractivity contribution is -0.137. The van der Waals surface area contributed by atoms with Gasteiger partial charge < -0.3 is 4.90 Å². The predicted molar refractivity (Wildman–Crippen MR) is 103 cm³/mol. The van der Waals surface area contributed by atoms with Crippen molar-refractivity contribution in [3.05, 3.63) is 35.9 Å². The molecule has 0 aromatic heterocycles. The maximum atomic E-state index is 13.2.